The number of imide groups is 1. The maximum Gasteiger partial charge on any atom is 0.269 e. The second kappa shape index (κ2) is 7.95. The molecule has 0 aromatic heterocycles. The van der Waals surface area contributed by atoms with Crippen LogP contribution in [0.4, 0.5) is 21.5 Å². The monoisotopic (exact) mass is 467 g/mol. The first-order chi connectivity index (χ1) is 15.8. The molecule has 33 heavy (non-hydrogen) atoms. The van der Waals surface area contributed by atoms with Crippen LogP contribution in [-0.4, -0.2) is 22.8 Å². The molecule has 3 aromatic carbocycles. The van der Waals surface area contributed by atoms with E-state index in [4.69, 9.17) is 16.4 Å². The number of rotatable bonds is 4. The fourth-order valence-corrected chi connectivity index (χ4v) is 4.33. The van der Waals surface area contributed by atoms with Gasteiger partial charge in [-0.2, -0.15) is 0 Å². The van der Waals surface area contributed by atoms with Crippen molar-refractivity contribution < 1.29 is 23.7 Å². The number of non-ortho nitro benzene ring substituents is 1. The molecule has 2 fully saturated rings. The van der Waals surface area contributed by atoms with Gasteiger partial charge < -0.3 is 0 Å². The summed E-state index contributed by atoms with van der Waals surface area (Å²) in [6.07, 6.45) is -1.11. The number of nitro benzene ring substituents is 1. The van der Waals surface area contributed by atoms with Gasteiger partial charge in [0.2, 0.25) is 5.91 Å². The topological polar surface area (TPSA) is 93.0 Å². The van der Waals surface area contributed by atoms with E-state index in [0.717, 1.165) is 4.90 Å². The average molecular weight is 468 g/mol. The number of hydrogen-bond acceptors (Lipinski definition) is 6. The van der Waals surface area contributed by atoms with Gasteiger partial charge in [-0.1, -0.05) is 23.7 Å². The van der Waals surface area contributed by atoms with Gasteiger partial charge in [0.25, 0.3) is 11.6 Å². The van der Waals surface area contributed by atoms with Gasteiger partial charge in [0.1, 0.15) is 11.7 Å². The molecule has 5 rings (SSSR count). The van der Waals surface area contributed by atoms with E-state index < -0.39 is 40.6 Å². The average Bonchev–Trinajstić information content (AvgIpc) is 3.31. The van der Waals surface area contributed by atoms with Crippen LogP contribution in [0.3, 0.4) is 0 Å². The molecule has 2 heterocycles. The van der Waals surface area contributed by atoms with E-state index in [0.29, 0.717) is 16.3 Å². The summed E-state index contributed by atoms with van der Waals surface area (Å²) in [5.74, 6) is -2.44. The van der Waals surface area contributed by atoms with Gasteiger partial charge in [-0.3, -0.25) is 24.5 Å². The predicted octanol–water partition coefficient (Wildman–Crippen LogP) is 4.44. The summed E-state index contributed by atoms with van der Waals surface area (Å²) in [6.45, 7) is 0. The highest BCUT2D eigenvalue weighted by atomic mass is 35.5. The second-order valence-corrected chi connectivity index (χ2v) is 8.07. The van der Waals surface area contributed by atoms with Gasteiger partial charge in [0.15, 0.2) is 6.10 Å². The summed E-state index contributed by atoms with van der Waals surface area (Å²) in [4.78, 5) is 44.0. The Bertz CT molecular complexity index is 1250. The number of carbonyl (C=O) groups is 2. The number of benzene rings is 3. The normalized spacial score (nSPS) is 22.1. The van der Waals surface area contributed by atoms with Crippen molar-refractivity contribution in [1.29, 1.82) is 0 Å². The lowest BCUT2D eigenvalue weighted by Gasteiger charge is -2.28. The third-order valence-corrected chi connectivity index (χ3v) is 5.98. The van der Waals surface area contributed by atoms with Crippen molar-refractivity contribution in [2.45, 2.75) is 12.1 Å². The van der Waals surface area contributed by atoms with Gasteiger partial charge in [-0.15, -0.1) is 0 Å². The van der Waals surface area contributed by atoms with E-state index in [2.05, 4.69) is 0 Å². The van der Waals surface area contributed by atoms with E-state index in [-0.39, 0.29) is 11.4 Å². The standard InChI is InChI=1S/C23H15ClFN3O5/c24-14-3-7-17(8-4-14)27-20(13-1-5-15(25)6-2-13)19-21(33-27)23(30)26(22(19)29)16-9-11-18(12-10-16)28(31)32/h1-12,19-21H/t19-,20+,21+/m0/s1. The Hall–Kier alpha value is -3.82. The molecule has 0 saturated carbocycles. The van der Waals surface area contributed by atoms with Crippen molar-refractivity contribution in [3.05, 3.63) is 99.3 Å². The molecule has 2 saturated heterocycles. The molecule has 0 bridgehead atoms. The summed E-state index contributed by atoms with van der Waals surface area (Å²) in [7, 11) is 0. The molecule has 3 atom stereocenters. The van der Waals surface area contributed by atoms with Crippen molar-refractivity contribution in [3.63, 3.8) is 0 Å². The van der Waals surface area contributed by atoms with E-state index in [1.54, 1.807) is 36.4 Å². The molecule has 2 aliphatic heterocycles. The molecule has 0 spiro atoms. The highest BCUT2D eigenvalue weighted by molar-refractivity contribution is 6.30. The van der Waals surface area contributed by atoms with E-state index in [1.165, 1.54) is 41.5 Å². The number of anilines is 2. The zero-order valence-corrected chi connectivity index (χ0v) is 17.6. The quantitative estimate of drug-likeness (QED) is 0.320. The number of fused-ring (bicyclic) bond motifs is 1. The summed E-state index contributed by atoms with van der Waals surface area (Å²) in [6, 6.07) is 16.8. The third-order valence-electron chi connectivity index (χ3n) is 5.73. The van der Waals surface area contributed by atoms with E-state index in [9.17, 15) is 24.1 Å². The Balaban J connectivity index is 1.55. The number of amides is 2. The summed E-state index contributed by atoms with van der Waals surface area (Å²) in [5.41, 5.74) is 1.22. The Morgan fingerprint density at radius 3 is 2.09 bits per heavy atom. The number of hydrogen-bond donors (Lipinski definition) is 0. The first-order valence-electron chi connectivity index (χ1n) is 9.94. The highest BCUT2D eigenvalue weighted by Gasteiger charge is 2.60. The number of carbonyl (C=O) groups excluding carboxylic acids is 2. The third kappa shape index (κ3) is 3.51. The highest BCUT2D eigenvalue weighted by Crippen LogP contribution is 2.47. The van der Waals surface area contributed by atoms with Crippen LogP contribution in [0.1, 0.15) is 11.6 Å². The Kier molecular flexibility index (Phi) is 5.07. The Labute approximate surface area is 191 Å². The molecule has 8 nitrogen and oxygen atoms in total. The zero-order valence-electron chi connectivity index (χ0n) is 16.8. The van der Waals surface area contributed by atoms with E-state index >= 15 is 0 Å². The Morgan fingerprint density at radius 1 is 0.879 bits per heavy atom. The van der Waals surface area contributed by atoms with E-state index in [1.807, 2.05) is 0 Å². The molecule has 0 unspecified atom stereocenters. The van der Waals surface area contributed by atoms with Crippen LogP contribution < -0.4 is 9.96 Å². The van der Waals surface area contributed by atoms with Crippen LogP contribution in [0.5, 0.6) is 0 Å². The van der Waals surface area contributed by atoms with Crippen LogP contribution in [0.2, 0.25) is 5.02 Å². The van der Waals surface area contributed by atoms with Crippen LogP contribution >= 0.6 is 11.6 Å². The fraction of sp³-hybridized carbons (Fsp3) is 0.130. The number of hydroxylamine groups is 1. The molecule has 0 N–H and O–H groups in total. The molecular formula is C23H15ClFN3O5. The fourth-order valence-electron chi connectivity index (χ4n) is 4.20. The molecule has 0 radical (unpaired) electrons. The lowest BCUT2D eigenvalue weighted by Crippen LogP contribution is -2.37. The van der Waals surface area contributed by atoms with Crippen LogP contribution in [0.25, 0.3) is 0 Å². The first-order valence-corrected chi connectivity index (χ1v) is 10.3. The molecular weight excluding hydrogens is 453 g/mol. The largest absolute Gasteiger partial charge is 0.273 e. The van der Waals surface area contributed by atoms with Crippen LogP contribution in [0, 0.1) is 21.8 Å². The molecule has 2 amide bonds. The van der Waals surface area contributed by atoms with Gasteiger partial charge in [-0.05, 0) is 54.1 Å². The maximum absolute atomic E-state index is 13.6. The number of nitrogens with zero attached hydrogens (tertiary/aromatic N) is 3. The van der Waals surface area contributed by atoms with Crippen LogP contribution in [0.15, 0.2) is 72.8 Å². The molecule has 2 aliphatic rings. The SMILES string of the molecule is O=C1[C@H]2[C@@H](c3ccc(F)cc3)N(c3ccc(Cl)cc3)O[C@H]2C(=O)N1c1ccc([N+](=O)[O-])cc1. The van der Waals surface area contributed by atoms with Crippen molar-refractivity contribution in [2.75, 3.05) is 9.96 Å². The minimum absolute atomic E-state index is 0.160. The van der Waals surface area contributed by atoms with Crippen molar-refractivity contribution in [2.24, 2.45) is 5.92 Å². The molecule has 10 heteroatoms. The zero-order chi connectivity index (χ0) is 23.3. The van der Waals surface area contributed by atoms with Crippen LogP contribution in [-0.2, 0) is 14.4 Å². The van der Waals surface area contributed by atoms with Gasteiger partial charge >= 0.3 is 0 Å². The smallest absolute Gasteiger partial charge is 0.269 e. The number of nitro groups is 1. The Morgan fingerprint density at radius 2 is 1.48 bits per heavy atom. The maximum atomic E-state index is 13.6. The minimum Gasteiger partial charge on any atom is -0.273 e. The molecule has 0 aliphatic carbocycles. The van der Waals surface area contributed by atoms with Gasteiger partial charge in [-0.25, -0.2) is 14.4 Å². The van der Waals surface area contributed by atoms with Crippen molar-refractivity contribution in [1.82, 2.24) is 0 Å². The summed E-state index contributed by atoms with van der Waals surface area (Å²) < 4.78 is 13.6. The summed E-state index contributed by atoms with van der Waals surface area (Å²) >= 11 is 5.99. The molecule has 166 valence electrons. The summed E-state index contributed by atoms with van der Waals surface area (Å²) in [5, 5.41) is 12.9. The van der Waals surface area contributed by atoms with Gasteiger partial charge in [0.05, 0.1) is 22.3 Å². The predicted molar refractivity (Wildman–Crippen MR) is 117 cm³/mol. The lowest BCUT2D eigenvalue weighted by molar-refractivity contribution is -0.384. The minimum atomic E-state index is -1.11. The lowest BCUT2D eigenvalue weighted by atomic mass is 9.90. The first kappa shape index (κ1) is 21.0. The number of halogens is 2. The van der Waals surface area contributed by atoms with Crippen molar-refractivity contribution >= 4 is 40.5 Å². The van der Waals surface area contributed by atoms with Gasteiger partial charge in [0, 0.05) is 17.2 Å². The second-order valence-electron chi connectivity index (χ2n) is 7.64. The molecule has 3 aromatic rings. The van der Waals surface area contributed by atoms with Crippen molar-refractivity contribution in [3.8, 4) is 0 Å².